The number of rotatable bonds is 6. The van der Waals surface area contributed by atoms with Gasteiger partial charge in [-0.1, -0.05) is 60.7 Å². The van der Waals surface area contributed by atoms with Gasteiger partial charge >= 0.3 is 6.09 Å². The van der Waals surface area contributed by atoms with Crippen molar-refractivity contribution in [2.75, 3.05) is 16.4 Å². The average molecular weight is 362 g/mol. The number of aromatic nitrogens is 1. The minimum atomic E-state index is -0.579. The van der Waals surface area contributed by atoms with Crippen LogP contribution in [0.4, 0.5) is 22.1 Å². The van der Waals surface area contributed by atoms with Crippen molar-refractivity contribution in [3.05, 3.63) is 83.9 Å². The van der Waals surface area contributed by atoms with Gasteiger partial charge in [0.25, 0.3) is 0 Å². The number of hydrogen-bond donors (Lipinski definition) is 3. The Kier molecular flexibility index (Phi) is 5.89. The van der Waals surface area contributed by atoms with Gasteiger partial charge in [0.1, 0.15) is 17.7 Å². The number of nitrogen functional groups attached to an aromatic ring is 1. The number of amides is 1. The molecule has 1 amide bonds. The summed E-state index contributed by atoms with van der Waals surface area (Å²) in [7, 11) is 0. The number of benzene rings is 2. The van der Waals surface area contributed by atoms with Crippen LogP contribution in [0.5, 0.6) is 0 Å². The van der Waals surface area contributed by atoms with E-state index < -0.39 is 6.09 Å². The summed E-state index contributed by atoms with van der Waals surface area (Å²) in [6, 6.07) is 23.0. The second kappa shape index (κ2) is 8.71. The number of anilines is 3. The van der Waals surface area contributed by atoms with Crippen LogP contribution in [0, 0.1) is 0 Å². The molecule has 138 valence electrons. The van der Waals surface area contributed by atoms with Gasteiger partial charge in [0.15, 0.2) is 0 Å². The lowest BCUT2D eigenvalue weighted by molar-refractivity contribution is 0.121. The predicted octanol–water partition coefficient (Wildman–Crippen LogP) is 4.59. The van der Waals surface area contributed by atoms with Crippen LogP contribution in [0.25, 0.3) is 0 Å². The van der Waals surface area contributed by atoms with Crippen molar-refractivity contribution in [3.63, 3.8) is 0 Å². The molecule has 6 nitrogen and oxygen atoms in total. The summed E-state index contributed by atoms with van der Waals surface area (Å²) in [5.74, 6) is 0.852. The van der Waals surface area contributed by atoms with E-state index in [9.17, 15) is 4.79 Å². The van der Waals surface area contributed by atoms with Crippen LogP contribution in [-0.2, 0) is 11.3 Å². The number of carbonyl (C=O) groups excluding carboxylic acids is 1. The first kappa shape index (κ1) is 18.3. The maximum absolute atomic E-state index is 12.1. The number of nitrogens with one attached hydrogen (secondary N) is 2. The Bertz CT molecular complexity index is 885. The van der Waals surface area contributed by atoms with Crippen LogP contribution in [0.2, 0.25) is 0 Å². The van der Waals surface area contributed by atoms with E-state index in [4.69, 9.17) is 10.5 Å². The fraction of sp³-hybridized carbons (Fsp3) is 0.143. The van der Waals surface area contributed by atoms with Gasteiger partial charge in [-0.05, 0) is 30.2 Å². The fourth-order valence-electron chi connectivity index (χ4n) is 2.56. The van der Waals surface area contributed by atoms with Crippen molar-refractivity contribution in [2.24, 2.45) is 0 Å². The van der Waals surface area contributed by atoms with Crippen molar-refractivity contribution in [2.45, 2.75) is 19.6 Å². The molecule has 1 heterocycles. The number of nitrogens with zero attached hydrogens (tertiary/aromatic N) is 1. The van der Waals surface area contributed by atoms with Crippen LogP contribution < -0.4 is 16.4 Å². The molecule has 0 saturated heterocycles. The molecule has 0 radical (unpaired) electrons. The lowest BCUT2D eigenvalue weighted by atomic mass is 10.1. The first-order valence-corrected chi connectivity index (χ1v) is 8.69. The molecular formula is C21H22N4O2. The van der Waals surface area contributed by atoms with Gasteiger partial charge in [-0.3, -0.25) is 5.32 Å². The zero-order valence-electron chi connectivity index (χ0n) is 15.1. The van der Waals surface area contributed by atoms with Gasteiger partial charge in [0.2, 0.25) is 0 Å². The van der Waals surface area contributed by atoms with E-state index in [0.29, 0.717) is 18.1 Å². The van der Waals surface area contributed by atoms with Crippen LogP contribution in [0.3, 0.4) is 0 Å². The summed E-state index contributed by atoms with van der Waals surface area (Å²) in [6.45, 7) is 2.45. The Morgan fingerprint density at radius 3 is 2.37 bits per heavy atom. The van der Waals surface area contributed by atoms with Gasteiger partial charge in [-0.15, -0.1) is 0 Å². The minimum Gasteiger partial charge on any atom is -0.441 e. The standard InChI is InChI=1S/C21H22N4O2/c1-15(17-10-6-3-7-11-17)27-21(26)24-18-12-13-19(25-20(18)22)23-14-16-8-4-2-5-9-16/h2-13,15H,14H2,1H3,(H,24,26)(H3,22,23,25). The maximum Gasteiger partial charge on any atom is 0.412 e. The van der Waals surface area contributed by atoms with E-state index in [1.165, 1.54) is 0 Å². The zero-order valence-corrected chi connectivity index (χ0v) is 15.1. The molecular weight excluding hydrogens is 340 g/mol. The SMILES string of the molecule is CC(OC(=O)Nc1ccc(NCc2ccccc2)nc1N)c1ccccc1. The van der Waals surface area contributed by atoms with Gasteiger partial charge in [0, 0.05) is 6.54 Å². The number of pyridine rings is 1. The first-order valence-electron chi connectivity index (χ1n) is 8.69. The third-order valence-electron chi connectivity index (χ3n) is 4.03. The van der Waals surface area contributed by atoms with E-state index in [1.54, 1.807) is 12.1 Å². The lowest BCUT2D eigenvalue weighted by Crippen LogP contribution is -2.17. The third-order valence-corrected chi connectivity index (χ3v) is 4.03. The normalized spacial score (nSPS) is 11.4. The highest BCUT2D eigenvalue weighted by Gasteiger charge is 2.13. The topological polar surface area (TPSA) is 89.3 Å². The Labute approximate surface area is 158 Å². The molecule has 1 aromatic heterocycles. The summed E-state index contributed by atoms with van der Waals surface area (Å²) in [4.78, 5) is 16.4. The molecule has 0 aliphatic heterocycles. The third kappa shape index (κ3) is 5.22. The molecule has 2 aromatic carbocycles. The molecule has 0 bridgehead atoms. The maximum atomic E-state index is 12.1. The molecule has 27 heavy (non-hydrogen) atoms. The molecule has 0 aliphatic rings. The molecule has 1 atom stereocenters. The van der Waals surface area contributed by atoms with E-state index in [1.807, 2.05) is 67.6 Å². The molecule has 3 rings (SSSR count). The minimum absolute atomic E-state index is 0.220. The second-order valence-electron chi connectivity index (χ2n) is 6.05. The van der Waals surface area contributed by atoms with Crippen LogP contribution in [0.15, 0.2) is 72.8 Å². The largest absolute Gasteiger partial charge is 0.441 e. The fourth-order valence-corrected chi connectivity index (χ4v) is 2.56. The summed E-state index contributed by atoms with van der Waals surface area (Å²) >= 11 is 0. The van der Waals surface area contributed by atoms with E-state index in [-0.39, 0.29) is 11.9 Å². The van der Waals surface area contributed by atoms with Crippen molar-refractivity contribution in [1.82, 2.24) is 4.98 Å². The van der Waals surface area contributed by atoms with Crippen molar-refractivity contribution >= 4 is 23.4 Å². The van der Waals surface area contributed by atoms with Crippen molar-refractivity contribution in [1.29, 1.82) is 0 Å². The van der Waals surface area contributed by atoms with Crippen LogP contribution in [-0.4, -0.2) is 11.1 Å². The number of nitrogens with two attached hydrogens (primary N) is 1. The smallest absolute Gasteiger partial charge is 0.412 e. The molecule has 4 N–H and O–H groups in total. The quantitative estimate of drug-likeness (QED) is 0.597. The summed E-state index contributed by atoms with van der Waals surface area (Å²) in [5.41, 5.74) is 8.42. The highest BCUT2D eigenvalue weighted by molar-refractivity contribution is 5.88. The Morgan fingerprint density at radius 2 is 1.70 bits per heavy atom. The van der Waals surface area contributed by atoms with Crippen molar-refractivity contribution in [3.8, 4) is 0 Å². The number of ether oxygens (including phenoxy) is 1. The van der Waals surface area contributed by atoms with Crippen LogP contribution in [0.1, 0.15) is 24.2 Å². The van der Waals surface area contributed by atoms with Crippen LogP contribution >= 0.6 is 0 Å². The first-order chi connectivity index (χ1) is 13.1. The zero-order chi connectivity index (χ0) is 19.1. The summed E-state index contributed by atoms with van der Waals surface area (Å²) in [5, 5.41) is 5.84. The predicted molar refractivity (Wildman–Crippen MR) is 107 cm³/mol. The van der Waals surface area contributed by atoms with Gasteiger partial charge in [-0.2, -0.15) is 0 Å². The lowest BCUT2D eigenvalue weighted by Gasteiger charge is -2.15. The average Bonchev–Trinajstić information content (AvgIpc) is 2.69. The molecule has 6 heteroatoms. The van der Waals surface area contributed by atoms with E-state index >= 15 is 0 Å². The van der Waals surface area contributed by atoms with Crippen molar-refractivity contribution < 1.29 is 9.53 Å². The van der Waals surface area contributed by atoms with E-state index in [0.717, 1.165) is 11.1 Å². The highest BCUT2D eigenvalue weighted by atomic mass is 16.6. The monoisotopic (exact) mass is 362 g/mol. The van der Waals surface area contributed by atoms with Gasteiger partial charge < -0.3 is 15.8 Å². The molecule has 1 unspecified atom stereocenters. The summed E-state index contributed by atoms with van der Waals surface area (Å²) in [6.07, 6.45) is -0.947. The molecule has 0 fully saturated rings. The Hall–Kier alpha value is -3.54. The molecule has 3 aromatic rings. The second-order valence-corrected chi connectivity index (χ2v) is 6.05. The van der Waals surface area contributed by atoms with Gasteiger partial charge in [-0.25, -0.2) is 9.78 Å². The molecule has 0 saturated carbocycles. The summed E-state index contributed by atoms with van der Waals surface area (Å²) < 4.78 is 5.38. The van der Waals surface area contributed by atoms with Gasteiger partial charge in [0.05, 0.1) is 5.69 Å². The highest BCUT2D eigenvalue weighted by Crippen LogP contribution is 2.21. The Balaban J connectivity index is 1.56. The number of hydrogen-bond acceptors (Lipinski definition) is 5. The Morgan fingerprint density at radius 1 is 1.04 bits per heavy atom. The van der Waals surface area contributed by atoms with E-state index in [2.05, 4.69) is 15.6 Å². The number of carbonyl (C=O) groups is 1. The molecule has 0 aliphatic carbocycles. The molecule has 0 spiro atoms.